The van der Waals surface area contributed by atoms with Gasteiger partial charge in [0.1, 0.15) is 12.4 Å². The van der Waals surface area contributed by atoms with Crippen molar-refractivity contribution in [3.63, 3.8) is 0 Å². The largest absolute Gasteiger partial charge is 0.350 e. The van der Waals surface area contributed by atoms with Crippen molar-refractivity contribution < 1.29 is 14.3 Å². The van der Waals surface area contributed by atoms with Crippen LogP contribution in [0.5, 0.6) is 0 Å². The maximum atomic E-state index is 10.4. The quantitative estimate of drug-likeness (QED) is 0.603. The zero-order chi connectivity index (χ0) is 9.14. The summed E-state index contributed by atoms with van der Waals surface area (Å²) in [5, 5.41) is 0. The molecule has 0 amide bonds. The van der Waals surface area contributed by atoms with Crippen molar-refractivity contribution >= 4 is 6.29 Å². The lowest BCUT2D eigenvalue weighted by Crippen LogP contribution is -2.22. The number of ether oxygens (including phenoxy) is 2. The molecule has 0 aromatic rings. The first kappa shape index (κ1) is 9.68. The Bertz CT molecular complexity index is 156. The average Bonchev–Trinajstić information content (AvgIpc) is 2.31. The van der Waals surface area contributed by atoms with Gasteiger partial charge in [-0.15, -0.1) is 0 Å². The van der Waals surface area contributed by atoms with E-state index in [4.69, 9.17) is 9.47 Å². The zero-order valence-electron chi connectivity index (χ0n) is 7.82. The van der Waals surface area contributed by atoms with Gasteiger partial charge >= 0.3 is 0 Å². The van der Waals surface area contributed by atoms with Crippen molar-refractivity contribution in [3.8, 4) is 0 Å². The first-order valence-electron chi connectivity index (χ1n) is 4.39. The Morgan fingerprint density at radius 3 is 2.67 bits per heavy atom. The molecule has 0 aliphatic carbocycles. The van der Waals surface area contributed by atoms with E-state index in [9.17, 15) is 4.79 Å². The Labute approximate surface area is 73.0 Å². The Morgan fingerprint density at radius 1 is 1.58 bits per heavy atom. The molecule has 0 bridgehead atoms. The molecule has 0 saturated carbocycles. The van der Waals surface area contributed by atoms with Crippen LogP contribution in [0, 0.1) is 5.92 Å². The van der Waals surface area contributed by atoms with Gasteiger partial charge in [0.25, 0.3) is 0 Å². The predicted molar refractivity (Wildman–Crippen MR) is 44.7 cm³/mol. The van der Waals surface area contributed by atoms with Crippen LogP contribution < -0.4 is 0 Å². The summed E-state index contributed by atoms with van der Waals surface area (Å²) in [7, 11) is 0. The molecule has 1 aliphatic rings. The third kappa shape index (κ3) is 2.29. The predicted octanol–water partition coefficient (Wildman–Crippen LogP) is 1.36. The van der Waals surface area contributed by atoms with Crippen molar-refractivity contribution in [2.24, 2.45) is 5.92 Å². The second kappa shape index (κ2) is 4.01. The van der Waals surface area contributed by atoms with E-state index in [1.54, 1.807) is 0 Å². The number of rotatable bonds is 3. The third-order valence-electron chi connectivity index (χ3n) is 1.94. The summed E-state index contributed by atoms with van der Waals surface area (Å²) in [4.78, 5) is 10.4. The lowest BCUT2D eigenvalue weighted by Gasteiger charge is -2.18. The molecular weight excluding hydrogens is 156 g/mol. The van der Waals surface area contributed by atoms with Gasteiger partial charge in [-0.2, -0.15) is 0 Å². The lowest BCUT2D eigenvalue weighted by atomic mass is 10.1. The Kier molecular flexibility index (Phi) is 3.23. The maximum Gasteiger partial charge on any atom is 0.161 e. The number of carbonyl (C=O) groups excluding carboxylic acids is 1. The number of aldehydes is 1. The summed E-state index contributed by atoms with van der Waals surface area (Å²) in [5.41, 5.74) is 0. The van der Waals surface area contributed by atoms with Crippen LogP contribution in [0.1, 0.15) is 27.2 Å². The van der Waals surface area contributed by atoms with Gasteiger partial charge in [-0.25, -0.2) is 0 Å². The summed E-state index contributed by atoms with van der Waals surface area (Å²) in [5.74, 6) is 0.322. The van der Waals surface area contributed by atoms with Crippen molar-refractivity contribution in [1.82, 2.24) is 0 Å². The molecule has 3 heteroatoms. The van der Waals surface area contributed by atoms with E-state index in [1.807, 2.05) is 20.8 Å². The van der Waals surface area contributed by atoms with Gasteiger partial charge in [0.2, 0.25) is 0 Å². The fourth-order valence-electron chi connectivity index (χ4n) is 1.36. The van der Waals surface area contributed by atoms with Crippen LogP contribution in [0.2, 0.25) is 0 Å². The second-order valence-electron chi connectivity index (χ2n) is 3.58. The molecule has 0 unspecified atom stereocenters. The van der Waals surface area contributed by atoms with Crippen LogP contribution in [-0.4, -0.2) is 24.8 Å². The highest BCUT2D eigenvalue weighted by Gasteiger charge is 2.32. The van der Waals surface area contributed by atoms with Crippen LogP contribution in [0.3, 0.4) is 0 Å². The van der Waals surface area contributed by atoms with Crippen LogP contribution >= 0.6 is 0 Å². The van der Waals surface area contributed by atoms with Crippen LogP contribution in [-0.2, 0) is 14.3 Å². The normalized spacial score (nSPS) is 35.8. The smallest absolute Gasteiger partial charge is 0.161 e. The first-order valence-corrected chi connectivity index (χ1v) is 4.39. The third-order valence-corrected chi connectivity index (χ3v) is 1.94. The average molecular weight is 172 g/mol. The Morgan fingerprint density at radius 2 is 2.25 bits per heavy atom. The number of hydrogen-bond acceptors (Lipinski definition) is 3. The molecule has 12 heavy (non-hydrogen) atoms. The Balaban J connectivity index is 2.40. The summed E-state index contributed by atoms with van der Waals surface area (Å²) in [6, 6.07) is 0. The Hall–Kier alpha value is -0.410. The van der Waals surface area contributed by atoms with Gasteiger partial charge in [-0.3, -0.25) is 0 Å². The molecule has 1 saturated heterocycles. The summed E-state index contributed by atoms with van der Waals surface area (Å²) in [6.45, 7) is 5.96. The molecule has 0 N–H and O–H groups in total. The fourth-order valence-corrected chi connectivity index (χ4v) is 1.36. The summed E-state index contributed by atoms with van der Waals surface area (Å²) < 4.78 is 10.8. The van der Waals surface area contributed by atoms with Gasteiger partial charge in [-0.05, 0) is 20.3 Å². The first-order chi connectivity index (χ1) is 5.63. The molecule has 1 rings (SSSR count). The molecule has 0 aromatic heterocycles. The van der Waals surface area contributed by atoms with E-state index in [-0.39, 0.29) is 18.5 Å². The molecule has 3 nitrogen and oxygen atoms in total. The van der Waals surface area contributed by atoms with E-state index in [0.29, 0.717) is 5.92 Å². The van der Waals surface area contributed by atoms with Gasteiger partial charge < -0.3 is 14.3 Å². The molecule has 3 atom stereocenters. The topological polar surface area (TPSA) is 35.5 Å². The fraction of sp³-hybridized carbons (Fsp3) is 0.889. The minimum atomic E-state index is -0.260. The standard InChI is InChI=1S/C9H16O3/c1-6(2)11-9-7(3)4-8(5-10)12-9/h5-9H,4H2,1-3H3/t7-,8+,9-/m0/s1. The highest BCUT2D eigenvalue weighted by Crippen LogP contribution is 2.26. The van der Waals surface area contributed by atoms with Crippen LogP contribution in [0.4, 0.5) is 0 Å². The van der Waals surface area contributed by atoms with Gasteiger partial charge in [0.15, 0.2) is 6.29 Å². The number of hydrogen-bond donors (Lipinski definition) is 0. The minimum absolute atomic E-state index is 0.155. The van der Waals surface area contributed by atoms with Gasteiger partial charge in [0, 0.05) is 5.92 Å². The molecule has 0 radical (unpaired) electrons. The van der Waals surface area contributed by atoms with E-state index in [0.717, 1.165) is 12.7 Å². The van der Waals surface area contributed by atoms with Crippen molar-refractivity contribution in [2.45, 2.75) is 45.7 Å². The maximum absolute atomic E-state index is 10.4. The SMILES string of the molecule is CC(C)O[C@H]1O[C@@H](C=O)C[C@@H]1C. The zero-order valence-corrected chi connectivity index (χ0v) is 7.82. The molecule has 70 valence electrons. The number of carbonyl (C=O) groups is 1. The van der Waals surface area contributed by atoms with E-state index < -0.39 is 0 Å². The molecule has 0 spiro atoms. The van der Waals surface area contributed by atoms with E-state index in [1.165, 1.54) is 0 Å². The monoisotopic (exact) mass is 172 g/mol. The lowest BCUT2D eigenvalue weighted by molar-refractivity contribution is -0.168. The molecule has 0 aromatic carbocycles. The molecule has 1 heterocycles. The highest BCUT2D eigenvalue weighted by atomic mass is 16.7. The van der Waals surface area contributed by atoms with E-state index in [2.05, 4.69) is 0 Å². The van der Waals surface area contributed by atoms with Crippen LogP contribution in [0.15, 0.2) is 0 Å². The van der Waals surface area contributed by atoms with Crippen molar-refractivity contribution in [3.05, 3.63) is 0 Å². The van der Waals surface area contributed by atoms with Gasteiger partial charge in [-0.1, -0.05) is 6.92 Å². The van der Waals surface area contributed by atoms with E-state index >= 15 is 0 Å². The second-order valence-corrected chi connectivity index (χ2v) is 3.58. The minimum Gasteiger partial charge on any atom is -0.350 e. The van der Waals surface area contributed by atoms with Crippen molar-refractivity contribution in [2.75, 3.05) is 0 Å². The molecule has 1 aliphatic heterocycles. The van der Waals surface area contributed by atoms with Gasteiger partial charge in [0.05, 0.1) is 6.10 Å². The highest BCUT2D eigenvalue weighted by molar-refractivity contribution is 5.56. The molecule has 1 fully saturated rings. The molecular formula is C9H16O3. The summed E-state index contributed by atoms with van der Waals surface area (Å²) >= 11 is 0. The van der Waals surface area contributed by atoms with Crippen molar-refractivity contribution in [1.29, 1.82) is 0 Å². The summed E-state index contributed by atoms with van der Waals surface area (Å²) in [6.07, 6.45) is 1.33. The van der Waals surface area contributed by atoms with Crippen LogP contribution in [0.25, 0.3) is 0 Å².